The molecule has 0 aliphatic rings. The second kappa shape index (κ2) is 6.08. The summed E-state index contributed by atoms with van der Waals surface area (Å²) in [5.41, 5.74) is 5.67. The predicted octanol–water partition coefficient (Wildman–Crippen LogP) is 0.570. The molecule has 1 amide bonds. The number of hydrogen-bond donors (Lipinski definition) is 2. The van der Waals surface area contributed by atoms with Gasteiger partial charge in [-0.3, -0.25) is 4.79 Å². The Hall–Kier alpha value is -0.610. The fraction of sp³-hybridized carbons (Fsp3) is 0.909. The van der Waals surface area contributed by atoms with Gasteiger partial charge in [-0.05, 0) is 34.4 Å². The molecule has 15 heavy (non-hydrogen) atoms. The molecular weight excluding hydrogens is 190 g/mol. The van der Waals surface area contributed by atoms with Crippen molar-refractivity contribution in [3.8, 4) is 0 Å². The number of rotatable bonds is 6. The summed E-state index contributed by atoms with van der Waals surface area (Å²) >= 11 is 0. The van der Waals surface area contributed by atoms with Crippen LogP contribution in [-0.2, 0) is 4.79 Å². The van der Waals surface area contributed by atoms with Gasteiger partial charge in [-0.2, -0.15) is 0 Å². The summed E-state index contributed by atoms with van der Waals surface area (Å²) in [5, 5.41) is 2.88. The molecule has 4 nitrogen and oxygen atoms in total. The van der Waals surface area contributed by atoms with Crippen molar-refractivity contribution in [2.75, 3.05) is 20.6 Å². The van der Waals surface area contributed by atoms with Crippen LogP contribution >= 0.6 is 0 Å². The van der Waals surface area contributed by atoms with Crippen molar-refractivity contribution in [2.24, 2.45) is 5.73 Å². The lowest BCUT2D eigenvalue weighted by molar-refractivity contribution is -0.123. The van der Waals surface area contributed by atoms with E-state index in [1.165, 1.54) is 0 Å². The minimum atomic E-state index is -0.368. The summed E-state index contributed by atoms with van der Waals surface area (Å²) in [7, 11) is 4.00. The first-order valence-corrected chi connectivity index (χ1v) is 5.52. The normalized spacial score (nSPS) is 14.1. The van der Waals surface area contributed by atoms with E-state index in [2.05, 4.69) is 24.1 Å². The van der Waals surface area contributed by atoms with Gasteiger partial charge in [0.2, 0.25) is 5.91 Å². The third-order valence-electron chi connectivity index (χ3n) is 2.84. The first-order chi connectivity index (χ1) is 6.81. The van der Waals surface area contributed by atoms with Gasteiger partial charge < -0.3 is 16.0 Å². The van der Waals surface area contributed by atoms with Crippen molar-refractivity contribution in [2.45, 2.75) is 45.2 Å². The van der Waals surface area contributed by atoms with Crippen LogP contribution < -0.4 is 11.1 Å². The highest BCUT2D eigenvalue weighted by Gasteiger charge is 2.22. The number of nitrogens with two attached hydrogens (primary N) is 1. The summed E-state index contributed by atoms with van der Waals surface area (Å²) in [4.78, 5) is 13.6. The molecule has 3 N–H and O–H groups in total. The summed E-state index contributed by atoms with van der Waals surface area (Å²) in [6.07, 6.45) is 1.68. The van der Waals surface area contributed by atoms with Gasteiger partial charge in [-0.15, -0.1) is 0 Å². The zero-order valence-electron chi connectivity index (χ0n) is 10.6. The molecular formula is C11H25N3O. The number of nitrogens with zero attached hydrogens (tertiary/aromatic N) is 1. The second-order valence-corrected chi connectivity index (χ2v) is 4.82. The third kappa shape index (κ3) is 5.14. The maximum atomic E-state index is 11.5. The smallest absolute Gasteiger partial charge is 0.236 e. The van der Waals surface area contributed by atoms with Gasteiger partial charge in [0.1, 0.15) is 0 Å². The molecule has 0 spiro atoms. The monoisotopic (exact) mass is 215 g/mol. The zero-order valence-corrected chi connectivity index (χ0v) is 10.6. The average molecular weight is 215 g/mol. The Morgan fingerprint density at radius 1 is 1.47 bits per heavy atom. The molecule has 0 fully saturated rings. The molecule has 0 aromatic carbocycles. The Labute approximate surface area is 93.2 Å². The number of likely N-dealkylation sites (N-methyl/N-ethyl adjacent to an activating group) is 1. The van der Waals surface area contributed by atoms with Gasteiger partial charge in [-0.1, -0.05) is 13.3 Å². The standard InChI is InChI=1S/C11H25N3O/c1-6-7-9(12)10(15)13-8-11(2,3)14(4)5/h9H,6-8,12H2,1-5H3,(H,13,15). The van der Waals surface area contributed by atoms with Gasteiger partial charge >= 0.3 is 0 Å². The highest BCUT2D eigenvalue weighted by molar-refractivity contribution is 5.81. The largest absolute Gasteiger partial charge is 0.353 e. The van der Waals surface area contributed by atoms with Crippen molar-refractivity contribution in [1.29, 1.82) is 0 Å². The van der Waals surface area contributed by atoms with Gasteiger partial charge in [0.25, 0.3) is 0 Å². The topological polar surface area (TPSA) is 58.4 Å². The molecule has 4 heteroatoms. The Bertz CT molecular complexity index is 202. The minimum absolute atomic E-state index is 0.0401. The fourth-order valence-electron chi connectivity index (χ4n) is 1.03. The first-order valence-electron chi connectivity index (χ1n) is 5.52. The average Bonchev–Trinajstić information content (AvgIpc) is 2.14. The molecule has 0 aromatic rings. The van der Waals surface area contributed by atoms with Crippen molar-refractivity contribution >= 4 is 5.91 Å². The lowest BCUT2D eigenvalue weighted by atomic mass is 10.0. The maximum absolute atomic E-state index is 11.5. The Kier molecular flexibility index (Phi) is 5.83. The number of nitrogens with one attached hydrogen (secondary N) is 1. The molecule has 0 bridgehead atoms. The molecule has 0 saturated heterocycles. The quantitative estimate of drug-likeness (QED) is 0.681. The predicted molar refractivity (Wildman–Crippen MR) is 63.7 cm³/mol. The van der Waals surface area contributed by atoms with Crippen molar-refractivity contribution in [3.05, 3.63) is 0 Å². The van der Waals surface area contributed by atoms with Gasteiger partial charge in [0, 0.05) is 12.1 Å². The van der Waals surface area contributed by atoms with E-state index in [-0.39, 0.29) is 17.5 Å². The van der Waals surface area contributed by atoms with Gasteiger partial charge in [0.15, 0.2) is 0 Å². The zero-order chi connectivity index (χ0) is 12.1. The van der Waals surface area contributed by atoms with E-state index in [9.17, 15) is 4.79 Å². The van der Waals surface area contributed by atoms with Crippen molar-refractivity contribution in [1.82, 2.24) is 10.2 Å². The number of amides is 1. The Morgan fingerprint density at radius 2 is 2.00 bits per heavy atom. The number of carbonyl (C=O) groups is 1. The fourth-order valence-corrected chi connectivity index (χ4v) is 1.03. The maximum Gasteiger partial charge on any atom is 0.236 e. The van der Waals surface area contributed by atoms with Crippen LogP contribution in [0.5, 0.6) is 0 Å². The summed E-state index contributed by atoms with van der Waals surface area (Å²) < 4.78 is 0. The molecule has 0 rings (SSSR count). The molecule has 0 aliphatic heterocycles. The second-order valence-electron chi connectivity index (χ2n) is 4.82. The lowest BCUT2D eigenvalue weighted by Crippen LogP contribution is -2.51. The van der Waals surface area contributed by atoms with E-state index in [0.29, 0.717) is 6.54 Å². The molecule has 90 valence electrons. The molecule has 0 heterocycles. The SMILES string of the molecule is CCCC(N)C(=O)NCC(C)(C)N(C)C. The van der Waals surface area contributed by atoms with Crippen LogP contribution in [0.25, 0.3) is 0 Å². The van der Waals surface area contributed by atoms with Crippen LogP contribution in [0.1, 0.15) is 33.6 Å². The molecule has 0 saturated carbocycles. The van der Waals surface area contributed by atoms with Crippen LogP contribution in [0, 0.1) is 0 Å². The van der Waals surface area contributed by atoms with Crippen LogP contribution in [-0.4, -0.2) is 43.0 Å². The number of carbonyl (C=O) groups excluding carboxylic acids is 1. The van der Waals surface area contributed by atoms with Crippen LogP contribution in [0.15, 0.2) is 0 Å². The Morgan fingerprint density at radius 3 is 2.40 bits per heavy atom. The van der Waals surface area contributed by atoms with E-state index >= 15 is 0 Å². The highest BCUT2D eigenvalue weighted by Crippen LogP contribution is 2.07. The molecule has 0 aromatic heterocycles. The molecule has 0 aliphatic carbocycles. The molecule has 1 atom stereocenters. The van der Waals surface area contributed by atoms with Crippen molar-refractivity contribution in [3.63, 3.8) is 0 Å². The van der Waals surface area contributed by atoms with E-state index in [1.807, 2.05) is 21.0 Å². The van der Waals surface area contributed by atoms with E-state index in [1.54, 1.807) is 0 Å². The highest BCUT2D eigenvalue weighted by atomic mass is 16.2. The number of hydrogen-bond acceptors (Lipinski definition) is 3. The van der Waals surface area contributed by atoms with E-state index in [4.69, 9.17) is 5.73 Å². The van der Waals surface area contributed by atoms with Crippen LogP contribution in [0.2, 0.25) is 0 Å². The summed E-state index contributed by atoms with van der Waals surface area (Å²) in [5.74, 6) is -0.0493. The molecule has 1 unspecified atom stereocenters. The first kappa shape index (κ1) is 14.4. The van der Waals surface area contributed by atoms with Gasteiger partial charge in [-0.25, -0.2) is 0 Å². The minimum Gasteiger partial charge on any atom is -0.353 e. The van der Waals surface area contributed by atoms with E-state index in [0.717, 1.165) is 12.8 Å². The summed E-state index contributed by atoms with van der Waals surface area (Å²) in [6.45, 7) is 6.81. The molecule has 0 radical (unpaired) electrons. The van der Waals surface area contributed by atoms with Crippen LogP contribution in [0.3, 0.4) is 0 Å². The third-order valence-corrected chi connectivity index (χ3v) is 2.84. The lowest BCUT2D eigenvalue weighted by Gasteiger charge is -2.33. The van der Waals surface area contributed by atoms with Gasteiger partial charge in [0.05, 0.1) is 6.04 Å². The Balaban J connectivity index is 4.00. The van der Waals surface area contributed by atoms with Crippen molar-refractivity contribution < 1.29 is 4.79 Å². The summed E-state index contributed by atoms with van der Waals surface area (Å²) in [6, 6.07) is -0.368. The van der Waals surface area contributed by atoms with E-state index < -0.39 is 0 Å². The van der Waals surface area contributed by atoms with Crippen LogP contribution in [0.4, 0.5) is 0 Å².